The van der Waals surface area contributed by atoms with E-state index >= 15 is 0 Å². The van der Waals surface area contributed by atoms with Crippen molar-refractivity contribution in [1.82, 2.24) is 0 Å². The van der Waals surface area contributed by atoms with Gasteiger partial charge in [0, 0.05) is 6.07 Å². The third-order valence-corrected chi connectivity index (χ3v) is 3.16. The molecule has 3 nitrogen and oxygen atoms in total. The van der Waals surface area contributed by atoms with E-state index in [0.717, 1.165) is 0 Å². The maximum Gasteiger partial charge on any atom is 0.339 e. The summed E-state index contributed by atoms with van der Waals surface area (Å²) in [7, 11) is -3.74. The minimum atomic E-state index is -3.74. The first-order valence-corrected chi connectivity index (χ1v) is 6.05. The Morgan fingerprint density at radius 1 is 0.938 bits per heavy atom. The molecule has 0 aliphatic heterocycles. The Morgan fingerprint density at radius 2 is 1.62 bits per heavy atom. The first kappa shape index (κ1) is 10.7. The first-order valence-electron chi connectivity index (χ1n) is 4.65. The average Bonchev–Trinajstić information content (AvgIpc) is 2.31. The van der Waals surface area contributed by atoms with E-state index in [2.05, 4.69) is 6.07 Å². The van der Waals surface area contributed by atoms with Gasteiger partial charge in [0.15, 0.2) is 5.75 Å². The van der Waals surface area contributed by atoms with Gasteiger partial charge in [0.25, 0.3) is 0 Å². The number of hydrogen-bond donors (Lipinski definition) is 0. The molecule has 81 valence electrons. The average molecular weight is 233 g/mol. The molecule has 0 aromatic heterocycles. The second-order valence-electron chi connectivity index (χ2n) is 3.08. The number of hydrogen-bond acceptors (Lipinski definition) is 3. The second kappa shape index (κ2) is 4.37. The molecule has 0 amide bonds. The van der Waals surface area contributed by atoms with Crippen LogP contribution >= 0.6 is 0 Å². The van der Waals surface area contributed by atoms with Crippen LogP contribution in [0.3, 0.4) is 0 Å². The second-order valence-corrected chi connectivity index (χ2v) is 4.62. The molecular weight excluding hydrogens is 224 g/mol. The largest absolute Gasteiger partial charge is 0.378 e. The Morgan fingerprint density at radius 3 is 2.25 bits per heavy atom. The van der Waals surface area contributed by atoms with Gasteiger partial charge in [-0.1, -0.05) is 36.4 Å². The van der Waals surface area contributed by atoms with Gasteiger partial charge in [-0.3, -0.25) is 0 Å². The summed E-state index contributed by atoms with van der Waals surface area (Å²) in [6.45, 7) is 0. The third kappa shape index (κ3) is 2.41. The van der Waals surface area contributed by atoms with Crippen molar-refractivity contribution in [2.75, 3.05) is 0 Å². The molecular formula is C12H9O3S. The molecule has 1 radical (unpaired) electrons. The van der Waals surface area contributed by atoms with Gasteiger partial charge in [0.2, 0.25) is 0 Å². The molecule has 0 spiro atoms. The Kier molecular flexibility index (Phi) is 2.92. The van der Waals surface area contributed by atoms with Crippen molar-refractivity contribution in [1.29, 1.82) is 0 Å². The zero-order valence-corrected chi connectivity index (χ0v) is 9.15. The molecule has 0 heterocycles. The topological polar surface area (TPSA) is 43.4 Å². The van der Waals surface area contributed by atoms with Gasteiger partial charge in [-0.2, -0.15) is 8.42 Å². The van der Waals surface area contributed by atoms with Gasteiger partial charge in [-0.25, -0.2) is 0 Å². The van der Waals surface area contributed by atoms with Crippen molar-refractivity contribution in [3.63, 3.8) is 0 Å². The van der Waals surface area contributed by atoms with Crippen LogP contribution in [-0.2, 0) is 10.1 Å². The van der Waals surface area contributed by atoms with E-state index < -0.39 is 10.1 Å². The van der Waals surface area contributed by atoms with E-state index in [0.29, 0.717) is 0 Å². The lowest BCUT2D eigenvalue weighted by atomic mass is 10.3. The molecule has 0 saturated heterocycles. The summed E-state index contributed by atoms with van der Waals surface area (Å²) in [6.07, 6.45) is 0. The van der Waals surface area contributed by atoms with E-state index in [4.69, 9.17) is 4.18 Å². The summed E-state index contributed by atoms with van der Waals surface area (Å²) in [6, 6.07) is 17.3. The molecule has 4 heteroatoms. The van der Waals surface area contributed by atoms with Crippen LogP contribution in [-0.4, -0.2) is 8.42 Å². The van der Waals surface area contributed by atoms with E-state index in [1.807, 2.05) is 0 Å². The standard InChI is InChI=1S/C12H9O3S/c13-16(14,12-9-5-2-6-10-12)15-11-7-3-1-4-8-11/h1-7,9-10H. The first-order chi connectivity index (χ1) is 7.68. The molecule has 0 saturated carbocycles. The lowest BCUT2D eigenvalue weighted by Gasteiger charge is -2.05. The summed E-state index contributed by atoms with van der Waals surface area (Å²) < 4.78 is 28.4. The lowest BCUT2D eigenvalue weighted by Crippen LogP contribution is -2.09. The fourth-order valence-electron chi connectivity index (χ4n) is 1.18. The molecule has 16 heavy (non-hydrogen) atoms. The fourth-order valence-corrected chi connectivity index (χ4v) is 2.11. The molecule has 2 aromatic carbocycles. The van der Waals surface area contributed by atoms with Crippen LogP contribution in [0.25, 0.3) is 0 Å². The van der Waals surface area contributed by atoms with E-state index in [1.165, 1.54) is 12.1 Å². The molecule has 0 aliphatic rings. The van der Waals surface area contributed by atoms with Gasteiger partial charge >= 0.3 is 10.1 Å². The highest BCUT2D eigenvalue weighted by atomic mass is 32.2. The van der Waals surface area contributed by atoms with Gasteiger partial charge in [-0.15, -0.1) is 0 Å². The van der Waals surface area contributed by atoms with Crippen LogP contribution in [0.15, 0.2) is 59.5 Å². The normalized spacial score (nSPS) is 11.0. The highest BCUT2D eigenvalue weighted by Crippen LogP contribution is 2.16. The van der Waals surface area contributed by atoms with Crippen LogP contribution in [0.4, 0.5) is 0 Å². The minimum absolute atomic E-state index is 0.132. The zero-order valence-electron chi connectivity index (χ0n) is 8.33. The molecule has 0 bridgehead atoms. The SMILES string of the molecule is O=S(=O)(Oc1[c]cccc1)c1ccccc1. The summed E-state index contributed by atoms with van der Waals surface area (Å²) in [5, 5.41) is 0. The molecule has 2 rings (SSSR count). The number of rotatable bonds is 3. The van der Waals surface area contributed by atoms with Gasteiger partial charge < -0.3 is 4.18 Å². The third-order valence-electron chi connectivity index (χ3n) is 1.91. The molecule has 0 unspecified atom stereocenters. The quantitative estimate of drug-likeness (QED) is 0.764. The van der Waals surface area contributed by atoms with Gasteiger partial charge in [-0.05, 0) is 18.2 Å². The zero-order chi connectivity index (χ0) is 11.4. The molecule has 0 aliphatic carbocycles. The monoisotopic (exact) mass is 233 g/mol. The molecule has 0 fully saturated rings. The van der Waals surface area contributed by atoms with Crippen LogP contribution in [0.1, 0.15) is 0 Å². The highest BCUT2D eigenvalue weighted by molar-refractivity contribution is 7.87. The highest BCUT2D eigenvalue weighted by Gasteiger charge is 2.15. The fraction of sp³-hybridized carbons (Fsp3) is 0. The van der Waals surface area contributed by atoms with Gasteiger partial charge in [0.05, 0.1) is 0 Å². The predicted octanol–water partition coefficient (Wildman–Crippen LogP) is 2.25. The van der Waals surface area contributed by atoms with Crippen LogP contribution in [0.5, 0.6) is 5.75 Å². The Bertz CT molecular complexity index is 547. The molecule has 0 N–H and O–H groups in total. The van der Waals surface area contributed by atoms with Crippen molar-refractivity contribution in [2.24, 2.45) is 0 Å². The lowest BCUT2D eigenvalue weighted by molar-refractivity contribution is 0.485. The summed E-state index contributed by atoms with van der Waals surface area (Å²) in [5.74, 6) is 0.186. The summed E-state index contributed by atoms with van der Waals surface area (Å²) in [5.41, 5.74) is 0. The van der Waals surface area contributed by atoms with Crippen molar-refractivity contribution in [3.05, 3.63) is 60.7 Å². The van der Waals surface area contributed by atoms with Crippen molar-refractivity contribution >= 4 is 10.1 Å². The Balaban J connectivity index is 2.29. The van der Waals surface area contributed by atoms with Crippen LogP contribution in [0, 0.1) is 6.07 Å². The maximum absolute atomic E-state index is 11.8. The Hall–Kier alpha value is -1.81. The molecule has 0 atom stereocenters. The summed E-state index contributed by atoms with van der Waals surface area (Å²) in [4.78, 5) is 0.132. The van der Waals surface area contributed by atoms with Crippen molar-refractivity contribution in [2.45, 2.75) is 4.90 Å². The van der Waals surface area contributed by atoms with Crippen LogP contribution < -0.4 is 4.18 Å². The molecule has 2 aromatic rings. The van der Waals surface area contributed by atoms with E-state index in [-0.39, 0.29) is 10.6 Å². The smallest absolute Gasteiger partial charge is 0.339 e. The summed E-state index contributed by atoms with van der Waals surface area (Å²) >= 11 is 0. The van der Waals surface area contributed by atoms with Crippen LogP contribution in [0.2, 0.25) is 0 Å². The number of benzene rings is 2. The van der Waals surface area contributed by atoms with E-state index in [9.17, 15) is 8.42 Å². The Labute approximate surface area is 94.4 Å². The van der Waals surface area contributed by atoms with E-state index in [1.54, 1.807) is 42.5 Å². The van der Waals surface area contributed by atoms with Crippen molar-refractivity contribution < 1.29 is 12.6 Å². The number of para-hydroxylation sites is 1. The van der Waals surface area contributed by atoms with Gasteiger partial charge in [0.1, 0.15) is 4.90 Å². The maximum atomic E-state index is 11.8. The van der Waals surface area contributed by atoms with Crippen molar-refractivity contribution in [3.8, 4) is 5.75 Å². The minimum Gasteiger partial charge on any atom is -0.378 e. The predicted molar refractivity (Wildman–Crippen MR) is 59.5 cm³/mol.